The number of hydrogen-bond acceptors (Lipinski definition) is 2. The molecular formula is C35H70N2. The van der Waals surface area contributed by atoms with E-state index in [9.17, 15) is 0 Å². The normalized spacial score (nSPS) is 15.5. The van der Waals surface area contributed by atoms with Gasteiger partial charge in [-0.25, -0.2) is 0 Å². The molecule has 2 nitrogen and oxygen atoms in total. The molecule has 0 radical (unpaired) electrons. The van der Waals surface area contributed by atoms with E-state index in [-0.39, 0.29) is 0 Å². The van der Waals surface area contributed by atoms with Crippen molar-refractivity contribution in [3.8, 4) is 0 Å². The van der Waals surface area contributed by atoms with E-state index < -0.39 is 0 Å². The predicted octanol–water partition coefficient (Wildman–Crippen LogP) is 12.0. The summed E-state index contributed by atoms with van der Waals surface area (Å²) in [6, 6.07) is 0.607. The summed E-state index contributed by atoms with van der Waals surface area (Å²) in [5, 5.41) is 0. The third-order valence-corrected chi connectivity index (χ3v) is 8.59. The second kappa shape index (κ2) is 25.6. The van der Waals surface area contributed by atoms with Crippen molar-refractivity contribution in [2.24, 2.45) is 0 Å². The largest absolute Gasteiger partial charge is 0.356 e. The second-order valence-corrected chi connectivity index (χ2v) is 12.5. The minimum absolute atomic E-state index is 0.607. The molecule has 0 fully saturated rings. The van der Waals surface area contributed by atoms with Crippen molar-refractivity contribution >= 4 is 0 Å². The van der Waals surface area contributed by atoms with Crippen LogP contribution in [0.4, 0.5) is 0 Å². The van der Waals surface area contributed by atoms with Gasteiger partial charge in [0.05, 0.1) is 0 Å². The predicted molar refractivity (Wildman–Crippen MR) is 168 cm³/mol. The van der Waals surface area contributed by atoms with Crippen LogP contribution in [0.25, 0.3) is 0 Å². The van der Waals surface area contributed by atoms with Crippen molar-refractivity contribution in [3.05, 3.63) is 12.4 Å². The summed E-state index contributed by atoms with van der Waals surface area (Å²) < 4.78 is 0. The van der Waals surface area contributed by atoms with E-state index in [0.29, 0.717) is 12.2 Å². The first-order valence-electron chi connectivity index (χ1n) is 17.4. The summed E-state index contributed by atoms with van der Waals surface area (Å²) in [4.78, 5) is 5.28. The van der Waals surface area contributed by atoms with Gasteiger partial charge in [0.1, 0.15) is 6.17 Å². The number of unbranched alkanes of at least 4 members (excludes halogenated alkanes) is 23. The Kier molecular flexibility index (Phi) is 23.8. The highest BCUT2D eigenvalue weighted by molar-refractivity contribution is 4.98. The summed E-state index contributed by atoms with van der Waals surface area (Å²) in [5.41, 5.74) is 0. The Morgan fingerprint density at radius 3 is 1.19 bits per heavy atom. The first-order chi connectivity index (χ1) is 18.2. The van der Waals surface area contributed by atoms with Crippen LogP contribution in [0.5, 0.6) is 0 Å². The molecule has 1 rings (SSSR count). The third-order valence-electron chi connectivity index (χ3n) is 8.59. The first-order valence-corrected chi connectivity index (χ1v) is 17.4. The maximum absolute atomic E-state index is 2.66. The Hall–Kier alpha value is -0.660. The summed E-state index contributed by atoms with van der Waals surface area (Å²) in [7, 11) is 0. The summed E-state index contributed by atoms with van der Waals surface area (Å²) in [6.07, 6.45) is 42.7. The SMILES string of the molecule is CCCCCCCCCCCCCCCC1N(CCCCCCCCCCCCCC)C=CN1C(C)C. The molecule has 0 aromatic carbocycles. The van der Waals surface area contributed by atoms with Crippen LogP contribution >= 0.6 is 0 Å². The van der Waals surface area contributed by atoms with Gasteiger partial charge in [0.15, 0.2) is 0 Å². The number of hydrogen-bond donors (Lipinski definition) is 0. The minimum Gasteiger partial charge on any atom is -0.356 e. The molecule has 0 aromatic heterocycles. The molecule has 0 aromatic rings. The molecule has 0 amide bonds. The topological polar surface area (TPSA) is 6.48 Å². The molecule has 1 atom stereocenters. The van der Waals surface area contributed by atoms with E-state index in [1.165, 1.54) is 173 Å². The van der Waals surface area contributed by atoms with E-state index in [2.05, 4.69) is 49.9 Å². The molecule has 1 heterocycles. The molecule has 1 unspecified atom stereocenters. The standard InChI is InChI=1S/C35H70N2/c1-5-7-9-11-13-15-17-19-20-22-24-26-28-30-35-36(32-33-37(35)34(3)4)31-29-27-25-23-21-18-16-14-12-10-8-6-2/h32-35H,5-31H2,1-4H3. The average Bonchev–Trinajstić information content (AvgIpc) is 3.30. The van der Waals surface area contributed by atoms with Crippen molar-refractivity contribution in [1.29, 1.82) is 0 Å². The van der Waals surface area contributed by atoms with Gasteiger partial charge in [-0.3, -0.25) is 0 Å². The van der Waals surface area contributed by atoms with Crippen LogP contribution in [-0.4, -0.2) is 28.6 Å². The molecule has 220 valence electrons. The molecule has 0 bridgehead atoms. The smallest absolute Gasteiger partial charge is 0.101 e. The highest BCUT2D eigenvalue weighted by Crippen LogP contribution is 2.25. The lowest BCUT2D eigenvalue weighted by Gasteiger charge is -2.35. The zero-order chi connectivity index (χ0) is 26.8. The van der Waals surface area contributed by atoms with Crippen LogP contribution in [0.3, 0.4) is 0 Å². The molecular weight excluding hydrogens is 448 g/mol. The fourth-order valence-electron chi connectivity index (χ4n) is 6.07. The Morgan fingerprint density at radius 2 is 0.811 bits per heavy atom. The summed E-state index contributed by atoms with van der Waals surface area (Å²) >= 11 is 0. The van der Waals surface area contributed by atoms with E-state index >= 15 is 0 Å². The van der Waals surface area contributed by atoms with Crippen LogP contribution in [-0.2, 0) is 0 Å². The van der Waals surface area contributed by atoms with E-state index in [1.54, 1.807) is 0 Å². The van der Waals surface area contributed by atoms with Gasteiger partial charge in [0.2, 0.25) is 0 Å². The van der Waals surface area contributed by atoms with Crippen LogP contribution in [0.15, 0.2) is 12.4 Å². The Balaban J connectivity index is 2.03. The van der Waals surface area contributed by atoms with Crippen LogP contribution < -0.4 is 0 Å². The molecule has 1 aliphatic rings. The van der Waals surface area contributed by atoms with Crippen LogP contribution in [0, 0.1) is 0 Å². The second-order valence-electron chi connectivity index (χ2n) is 12.5. The van der Waals surface area contributed by atoms with Gasteiger partial charge in [-0.2, -0.15) is 0 Å². The summed E-state index contributed by atoms with van der Waals surface area (Å²) in [6.45, 7) is 10.6. The van der Waals surface area contributed by atoms with Gasteiger partial charge in [-0.05, 0) is 33.1 Å². The lowest BCUT2D eigenvalue weighted by Crippen LogP contribution is -2.42. The van der Waals surface area contributed by atoms with E-state index in [4.69, 9.17) is 0 Å². The van der Waals surface area contributed by atoms with Gasteiger partial charge in [-0.1, -0.05) is 162 Å². The van der Waals surface area contributed by atoms with Gasteiger partial charge in [0.25, 0.3) is 0 Å². The van der Waals surface area contributed by atoms with Gasteiger partial charge in [-0.15, -0.1) is 0 Å². The van der Waals surface area contributed by atoms with E-state index in [0.717, 1.165) is 0 Å². The fraction of sp³-hybridized carbons (Fsp3) is 0.943. The molecule has 0 spiro atoms. The molecule has 0 N–H and O–H groups in total. The molecule has 1 aliphatic heterocycles. The quantitative estimate of drug-likeness (QED) is 0.0950. The zero-order valence-corrected chi connectivity index (χ0v) is 26.3. The molecule has 37 heavy (non-hydrogen) atoms. The highest BCUT2D eigenvalue weighted by atomic mass is 15.4. The fourth-order valence-corrected chi connectivity index (χ4v) is 6.07. The van der Waals surface area contributed by atoms with E-state index in [1.807, 2.05) is 0 Å². The third kappa shape index (κ3) is 19.1. The number of nitrogens with zero attached hydrogens (tertiary/aromatic N) is 2. The number of rotatable bonds is 28. The Bertz CT molecular complexity index is 486. The van der Waals surface area contributed by atoms with Crippen molar-refractivity contribution in [1.82, 2.24) is 9.80 Å². The zero-order valence-electron chi connectivity index (χ0n) is 26.3. The Morgan fingerprint density at radius 1 is 0.459 bits per heavy atom. The molecule has 0 aliphatic carbocycles. The maximum atomic E-state index is 2.66. The molecule has 2 heteroatoms. The van der Waals surface area contributed by atoms with Gasteiger partial charge >= 0.3 is 0 Å². The van der Waals surface area contributed by atoms with Gasteiger partial charge < -0.3 is 9.80 Å². The summed E-state index contributed by atoms with van der Waals surface area (Å²) in [5.74, 6) is 0. The van der Waals surface area contributed by atoms with Gasteiger partial charge in [0, 0.05) is 25.0 Å². The first kappa shape index (κ1) is 34.4. The van der Waals surface area contributed by atoms with Crippen molar-refractivity contribution in [3.63, 3.8) is 0 Å². The monoisotopic (exact) mass is 519 g/mol. The molecule has 0 saturated heterocycles. The lowest BCUT2D eigenvalue weighted by molar-refractivity contribution is 0.114. The minimum atomic E-state index is 0.607. The Labute approximate surface area is 235 Å². The van der Waals surface area contributed by atoms with Crippen molar-refractivity contribution in [2.75, 3.05) is 6.54 Å². The van der Waals surface area contributed by atoms with Crippen molar-refractivity contribution in [2.45, 2.75) is 207 Å². The van der Waals surface area contributed by atoms with Crippen LogP contribution in [0.2, 0.25) is 0 Å². The van der Waals surface area contributed by atoms with Crippen LogP contribution in [0.1, 0.15) is 195 Å². The molecule has 0 saturated carbocycles. The highest BCUT2D eigenvalue weighted by Gasteiger charge is 2.26. The van der Waals surface area contributed by atoms with Crippen molar-refractivity contribution < 1.29 is 0 Å². The average molecular weight is 519 g/mol. The lowest BCUT2D eigenvalue weighted by atomic mass is 10.0. The maximum Gasteiger partial charge on any atom is 0.101 e.